The molecule has 5 nitrogen and oxygen atoms in total. The third-order valence-electron chi connectivity index (χ3n) is 4.89. The molecule has 0 aliphatic carbocycles. The minimum Gasteiger partial charge on any atom is -0.489 e. The maximum absolute atomic E-state index is 12.8. The minimum absolute atomic E-state index is 0.118. The van der Waals surface area contributed by atoms with E-state index in [1.165, 1.54) is 0 Å². The van der Waals surface area contributed by atoms with Crippen molar-refractivity contribution in [3.63, 3.8) is 0 Å². The highest BCUT2D eigenvalue weighted by molar-refractivity contribution is 6.35. The summed E-state index contributed by atoms with van der Waals surface area (Å²) in [5.74, 6) is 0.899. The highest BCUT2D eigenvalue weighted by atomic mass is 35.5. The van der Waals surface area contributed by atoms with Crippen molar-refractivity contribution in [3.05, 3.63) is 63.8 Å². The molecule has 3 rings (SSSR count). The Morgan fingerprint density at radius 1 is 1.19 bits per heavy atom. The van der Waals surface area contributed by atoms with E-state index >= 15 is 0 Å². The Labute approximate surface area is 192 Å². The summed E-state index contributed by atoms with van der Waals surface area (Å²) < 4.78 is 7.90. The van der Waals surface area contributed by atoms with Crippen LogP contribution in [0.5, 0.6) is 5.75 Å². The van der Waals surface area contributed by atoms with Crippen molar-refractivity contribution in [1.29, 1.82) is 5.26 Å². The molecule has 162 valence electrons. The van der Waals surface area contributed by atoms with Gasteiger partial charge in [-0.05, 0) is 48.7 Å². The summed E-state index contributed by atoms with van der Waals surface area (Å²) in [4.78, 5) is 12.8. The van der Waals surface area contributed by atoms with Gasteiger partial charge in [0.15, 0.2) is 0 Å². The fourth-order valence-electron chi connectivity index (χ4n) is 3.30. The lowest BCUT2D eigenvalue weighted by Crippen LogP contribution is -2.29. The summed E-state index contributed by atoms with van der Waals surface area (Å²) in [6.07, 6.45) is 1.11. The average molecular weight is 458 g/mol. The van der Waals surface area contributed by atoms with E-state index < -0.39 is 0 Å². The lowest BCUT2D eigenvalue weighted by molar-refractivity contribution is 0.0940. The van der Waals surface area contributed by atoms with E-state index in [0.717, 1.165) is 16.5 Å². The van der Waals surface area contributed by atoms with Crippen LogP contribution in [0.25, 0.3) is 10.9 Å². The predicted molar refractivity (Wildman–Crippen MR) is 125 cm³/mol. The molecule has 0 spiro atoms. The number of carbonyl (C=O) groups excluding carboxylic acids is 1. The zero-order chi connectivity index (χ0) is 22.4. The molecule has 2 aromatic carbocycles. The van der Waals surface area contributed by atoms with Crippen LogP contribution in [0.2, 0.25) is 10.0 Å². The molecule has 0 aliphatic rings. The topological polar surface area (TPSA) is 67.0 Å². The van der Waals surface area contributed by atoms with Crippen LogP contribution in [-0.4, -0.2) is 17.0 Å². The first-order valence-electron chi connectivity index (χ1n) is 10.2. The first-order chi connectivity index (χ1) is 14.9. The Kier molecular flexibility index (Phi) is 7.84. The molecular formula is C24H25Cl2N3O2. The highest BCUT2D eigenvalue weighted by Crippen LogP contribution is 2.29. The zero-order valence-electron chi connectivity index (χ0n) is 17.6. The van der Waals surface area contributed by atoms with Gasteiger partial charge in [0, 0.05) is 46.0 Å². The molecule has 1 aromatic heterocycles. The number of ether oxygens (including phenoxy) is 1. The number of aromatic nitrogens is 1. The van der Waals surface area contributed by atoms with Gasteiger partial charge in [-0.25, -0.2) is 0 Å². The largest absolute Gasteiger partial charge is 0.489 e. The summed E-state index contributed by atoms with van der Waals surface area (Å²) in [5, 5.41) is 13.9. The van der Waals surface area contributed by atoms with Crippen molar-refractivity contribution in [2.45, 2.75) is 39.8 Å². The van der Waals surface area contributed by atoms with Crippen LogP contribution in [0, 0.1) is 17.2 Å². The number of carbonyl (C=O) groups is 1. The summed E-state index contributed by atoms with van der Waals surface area (Å²) in [7, 11) is 0. The summed E-state index contributed by atoms with van der Waals surface area (Å²) in [5.41, 5.74) is 2.24. The van der Waals surface area contributed by atoms with Gasteiger partial charge in [0.2, 0.25) is 0 Å². The number of hydrogen-bond acceptors (Lipinski definition) is 3. The molecule has 0 aliphatic heterocycles. The second-order valence-electron chi connectivity index (χ2n) is 7.76. The quantitative estimate of drug-likeness (QED) is 0.387. The molecule has 0 bridgehead atoms. The van der Waals surface area contributed by atoms with Crippen molar-refractivity contribution in [1.82, 2.24) is 9.88 Å². The van der Waals surface area contributed by atoms with E-state index in [2.05, 4.69) is 25.2 Å². The highest BCUT2D eigenvalue weighted by Gasteiger charge is 2.16. The molecule has 0 atom stereocenters. The lowest BCUT2D eigenvalue weighted by atomic mass is 10.2. The minimum atomic E-state index is -0.118. The number of nitriles is 1. The molecule has 0 radical (unpaired) electrons. The van der Waals surface area contributed by atoms with Gasteiger partial charge in [-0.15, -0.1) is 0 Å². The van der Waals surface area contributed by atoms with Crippen molar-refractivity contribution in [2.24, 2.45) is 5.92 Å². The zero-order valence-corrected chi connectivity index (χ0v) is 19.1. The molecule has 7 heteroatoms. The van der Waals surface area contributed by atoms with Crippen molar-refractivity contribution in [2.75, 3.05) is 6.54 Å². The first-order valence-corrected chi connectivity index (χ1v) is 11.0. The Balaban J connectivity index is 1.87. The third-order valence-corrected chi connectivity index (χ3v) is 5.60. The van der Waals surface area contributed by atoms with Crippen molar-refractivity contribution in [3.8, 4) is 11.8 Å². The molecule has 1 heterocycles. The standard InChI is InChI=1S/C24H25Cl2N3O2/c1-16(2)14-28-24(30)23-13-17-12-18(8-9-22(17)29(23)11-4-3-10-27)31-15-19-20(25)6-5-7-21(19)26/h5-9,12-13,16H,3-4,11,14-15H2,1-2H3,(H,28,30). The Morgan fingerprint density at radius 3 is 2.61 bits per heavy atom. The SMILES string of the molecule is CC(C)CNC(=O)c1cc2cc(OCc3c(Cl)cccc3Cl)ccc2n1CCCC#N. The predicted octanol–water partition coefficient (Wildman–Crippen LogP) is 6.22. The maximum atomic E-state index is 12.8. The monoisotopic (exact) mass is 457 g/mol. The molecule has 0 saturated heterocycles. The van der Waals surface area contributed by atoms with Crippen LogP contribution in [0.1, 0.15) is 42.7 Å². The van der Waals surface area contributed by atoms with E-state index in [1.54, 1.807) is 18.2 Å². The number of halogens is 2. The number of benzene rings is 2. The second kappa shape index (κ2) is 10.6. The fraction of sp³-hybridized carbons (Fsp3) is 0.333. The molecule has 1 N–H and O–H groups in total. The Morgan fingerprint density at radius 2 is 1.94 bits per heavy atom. The van der Waals surface area contributed by atoms with Crippen LogP contribution in [0.3, 0.4) is 0 Å². The second-order valence-corrected chi connectivity index (χ2v) is 8.57. The first kappa shape index (κ1) is 23.0. The van der Waals surface area contributed by atoms with Crippen molar-refractivity contribution >= 4 is 40.0 Å². The number of amides is 1. The molecular weight excluding hydrogens is 433 g/mol. The number of fused-ring (bicyclic) bond motifs is 1. The lowest BCUT2D eigenvalue weighted by Gasteiger charge is -2.12. The van der Waals surface area contributed by atoms with E-state index in [-0.39, 0.29) is 12.5 Å². The molecule has 0 saturated carbocycles. The molecule has 3 aromatic rings. The maximum Gasteiger partial charge on any atom is 0.267 e. The number of rotatable bonds is 9. The van der Waals surface area contributed by atoms with Crippen LogP contribution in [-0.2, 0) is 13.2 Å². The Bertz CT molecular complexity index is 1100. The van der Waals surface area contributed by atoms with Gasteiger partial charge in [-0.3, -0.25) is 4.79 Å². The molecule has 1 amide bonds. The van der Waals surface area contributed by atoms with E-state index in [1.807, 2.05) is 28.8 Å². The molecule has 31 heavy (non-hydrogen) atoms. The fourth-order valence-corrected chi connectivity index (χ4v) is 3.80. The molecule has 0 fully saturated rings. The van der Waals surface area contributed by atoms with Crippen LogP contribution < -0.4 is 10.1 Å². The van der Waals surface area contributed by atoms with Gasteiger partial charge in [-0.2, -0.15) is 5.26 Å². The number of nitrogens with zero attached hydrogens (tertiary/aromatic N) is 2. The van der Waals surface area contributed by atoms with Gasteiger partial charge in [0.05, 0.1) is 6.07 Å². The summed E-state index contributed by atoms with van der Waals surface area (Å²) in [6, 6.07) is 15.1. The number of aryl methyl sites for hydroxylation is 1. The van der Waals surface area contributed by atoms with Gasteiger partial charge >= 0.3 is 0 Å². The smallest absolute Gasteiger partial charge is 0.267 e. The number of unbranched alkanes of at least 4 members (excludes halogenated alkanes) is 1. The Hall–Kier alpha value is -2.68. The van der Waals surface area contributed by atoms with Crippen LogP contribution in [0.4, 0.5) is 0 Å². The third kappa shape index (κ3) is 5.72. The van der Waals surface area contributed by atoms with Gasteiger partial charge in [-0.1, -0.05) is 43.1 Å². The van der Waals surface area contributed by atoms with Crippen LogP contribution >= 0.6 is 23.2 Å². The number of nitrogens with one attached hydrogen (secondary N) is 1. The number of hydrogen-bond donors (Lipinski definition) is 1. The summed E-state index contributed by atoms with van der Waals surface area (Å²) in [6.45, 7) is 5.55. The van der Waals surface area contributed by atoms with Gasteiger partial charge < -0.3 is 14.6 Å². The normalized spacial score (nSPS) is 11.0. The van der Waals surface area contributed by atoms with Gasteiger partial charge in [0.1, 0.15) is 18.1 Å². The van der Waals surface area contributed by atoms with E-state index in [0.29, 0.717) is 53.3 Å². The van der Waals surface area contributed by atoms with Gasteiger partial charge in [0.25, 0.3) is 5.91 Å². The molecule has 0 unspecified atom stereocenters. The summed E-state index contributed by atoms with van der Waals surface area (Å²) >= 11 is 12.5. The van der Waals surface area contributed by atoms with Crippen LogP contribution in [0.15, 0.2) is 42.5 Å². The average Bonchev–Trinajstić information content (AvgIpc) is 3.10. The van der Waals surface area contributed by atoms with Crippen molar-refractivity contribution < 1.29 is 9.53 Å². The van der Waals surface area contributed by atoms with E-state index in [4.69, 9.17) is 33.2 Å². The van der Waals surface area contributed by atoms with E-state index in [9.17, 15) is 4.79 Å².